The van der Waals surface area contributed by atoms with Crippen molar-refractivity contribution in [3.05, 3.63) is 71.7 Å². The first-order chi connectivity index (χ1) is 18.3. The molecule has 3 aromatic heterocycles. The highest BCUT2D eigenvalue weighted by atomic mass is 19.1. The highest BCUT2D eigenvalue weighted by Crippen LogP contribution is 2.44. The number of imidazole rings is 1. The van der Waals surface area contributed by atoms with Crippen molar-refractivity contribution in [3.63, 3.8) is 0 Å². The Morgan fingerprint density at radius 1 is 1.03 bits per heavy atom. The first kappa shape index (κ1) is 24.9. The van der Waals surface area contributed by atoms with E-state index >= 15 is 13.2 Å². The third kappa shape index (κ3) is 4.53. The van der Waals surface area contributed by atoms with Gasteiger partial charge in [0, 0.05) is 12.2 Å². The van der Waals surface area contributed by atoms with Gasteiger partial charge in [0.15, 0.2) is 0 Å². The summed E-state index contributed by atoms with van der Waals surface area (Å²) in [5.41, 5.74) is 7.06. The van der Waals surface area contributed by atoms with Gasteiger partial charge in [-0.3, -0.25) is 4.98 Å². The van der Waals surface area contributed by atoms with Gasteiger partial charge < -0.3 is 11.1 Å². The average Bonchev–Trinajstić information content (AvgIpc) is 3.50. The Morgan fingerprint density at radius 2 is 1.79 bits per heavy atom. The fourth-order valence-corrected chi connectivity index (χ4v) is 6.30. The first-order valence-corrected chi connectivity index (χ1v) is 13.3. The van der Waals surface area contributed by atoms with E-state index < -0.39 is 17.3 Å². The van der Waals surface area contributed by atoms with Gasteiger partial charge in [-0.2, -0.15) is 9.61 Å². The molecule has 0 aliphatic heterocycles. The van der Waals surface area contributed by atoms with E-state index in [2.05, 4.69) is 27.3 Å². The molecule has 2 aliphatic rings. The van der Waals surface area contributed by atoms with Crippen LogP contribution in [0.25, 0.3) is 16.8 Å². The van der Waals surface area contributed by atoms with Crippen LogP contribution in [0.1, 0.15) is 68.9 Å². The molecular weight excluding hydrogens is 489 g/mol. The number of anilines is 2. The van der Waals surface area contributed by atoms with Crippen molar-refractivity contribution in [2.75, 3.05) is 5.32 Å². The summed E-state index contributed by atoms with van der Waals surface area (Å²) in [6.07, 6.45) is 10.1. The van der Waals surface area contributed by atoms with Crippen molar-refractivity contribution >= 4 is 17.2 Å². The molecule has 0 radical (unpaired) electrons. The number of fused-ring (bicyclic) bond motifs is 1. The van der Waals surface area contributed by atoms with E-state index in [1.807, 2.05) is 6.07 Å². The maximum Gasteiger partial charge on any atom is 0.229 e. The quantitative estimate of drug-likeness (QED) is 0.303. The van der Waals surface area contributed by atoms with Gasteiger partial charge in [-0.15, -0.1) is 0 Å². The third-order valence-electron chi connectivity index (χ3n) is 8.12. The molecule has 3 unspecified atom stereocenters. The Hall–Kier alpha value is -3.46. The topological polar surface area (TPSA) is 81.1 Å². The van der Waals surface area contributed by atoms with E-state index in [9.17, 15) is 0 Å². The third-order valence-corrected chi connectivity index (χ3v) is 8.12. The predicted octanol–water partition coefficient (Wildman–Crippen LogP) is 6.78. The monoisotopic (exact) mass is 520 g/mol. The van der Waals surface area contributed by atoms with Gasteiger partial charge in [-0.1, -0.05) is 6.92 Å². The molecule has 3 N–H and O–H groups in total. The van der Waals surface area contributed by atoms with Gasteiger partial charge >= 0.3 is 0 Å². The lowest BCUT2D eigenvalue weighted by molar-refractivity contribution is 0.173. The maximum atomic E-state index is 15.2. The number of pyridine rings is 1. The fourth-order valence-electron chi connectivity index (χ4n) is 6.30. The van der Waals surface area contributed by atoms with Crippen molar-refractivity contribution in [2.45, 2.75) is 69.5 Å². The summed E-state index contributed by atoms with van der Waals surface area (Å²) in [5, 5.41) is 7.84. The number of hydrogen-bond acceptors (Lipinski definition) is 5. The smallest absolute Gasteiger partial charge is 0.229 e. The van der Waals surface area contributed by atoms with Crippen molar-refractivity contribution in [3.8, 4) is 11.3 Å². The average molecular weight is 521 g/mol. The number of aromatic nitrogens is 4. The SMILES string of the molecule is CC1CC(N)CC(c2ccncc2Nc2ncc3ccc(-c4c(F)cc(C5(F)CCCC5)cc4F)nn23)C1. The molecule has 3 heterocycles. The summed E-state index contributed by atoms with van der Waals surface area (Å²) in [6, 6.07) is 7.62. The second kappa shape index (κ2) is 9.69. The van der Waals surface area contributed by atoms with Crippen molar-refractivity contribution < 1.29 is 13.2 Å². The number of rotatable bonds is 5. The standard InChI is InChI=1S/C29H31F3N6/c1-17-10-18(12-20(33)11-17)22-6-9-34-16-26(22)36-28-35-15-21-4-5-25(37-38(21)28)27-23(30)13-19(14-24(27)31)29(32)7-2-3-8-29/h4-6,9,13-18,20H,2-3,7-8,10-12,33H2,1H3,(H,35,36). The van der Waals surface area contributed by atoms with Crippen LogP contribution in [0.5, 0.6) is 0 Å². The molecule has 6 rings (SSSR count). The molecule has 2 fully saturated rings. The second-order valence-electron chi connectivity index (χ2n) is 11.0. The van der Waals surface area contributed by atoms with Crippen LogP contribution < -0.4 is 11.1 Å². The molecule has 38 heavy (non-hydrogen) atoms. The molecule has 1 aromatic carbocycles. The minimum Gasteiger partial charge on any atom is -0.328 e. The van der Waals surface area contributed by atoms with Gasteiger partial charge in [-0.05, 0) is 98.2 Å². The fraction of sp³-hybridized carbons (Fsp3) is 0.414. The molecule has 0 amide bonds. The highest BCUT2D eigenvalue weighted by Gasteiger charge is 2.37. The van der Waals surface area contributed by atoms with Crippen molar-refractivity contribution in [1.82, 2.24) is 19.6 Å². The molecule has 2 saturated carbocycles. The van der Waals surface area contributed by atoms with Crippen molar-refractivity contribution in [1.29, 1.82) is 0 Å². The van der Waals surface area contributed by atoms with E-state index in [0.29, 0.717) is 30.2 Å². The molecule has 4 aromatic rings. The largest absolute Gasteiger partial charge is 0.328 e. The lowest BCUT2D eigenvalue weighted by Gasteiger charge is -2.32. The van der Waals surface area contributed by atoms with Gasteiger partial charge in [0.1, 0.15) is 17.3 Å². The van der Waals surface area contributed by atoms with Crippen LogP contribution >= 0.6 is 0 Å². The molecular formula is C29H31F3N6. The Balaban J connectivity index is 1.34. The van der Waals surface area contributed by atoms with Gasteiger partial charge in [0.2, 0.25) is 5.95 Å². The Labute approximate surface area is 219 Å². The van der Waals surface area contributed by atoms with Crippen LogP contribution in [0, 0.1) is 17.6 Å². The van der Waals surface area contributed by atoms with Crippen molar-refractivity contribution in [2.24, 2.45) is 11.7 Å². The van der Waals surface area contributed by atoms with E-state index in [4.69, 9.17) is 5.73 Å². The number of alkyl halides is 1. The van der Waals surface area contributed by atoms with Crippen LogP contribution in [-0.2, 0) is 5.67 Å². The zero-order valence-corrected chi connectivity index (χ0v) is 21.3. The minimum atomic E-state index is -1.68. The van der Waals surface area contributed by atoms with Crippen LogP contribution in [0.4, 0.5) is 24.8 Å². The number of halogens is 3. The lowest BCUT2D eigenvalue weighted by Crippen LogP contribution is -2.31. The number of nitrogens with two attached hydrogens (primary N) is 1. The summed E-state index contributed by atoms with van der Waals surface area (Å²) < 4.78 is 47.1. The summed E-state index contributed by atoms with van der Waals surface area (Å²) in [4.78, 5) is 8.75. The molecule has 0 bridgehead atoms. The van der Waals surface area contributed by atoms with Crippen LogP contribution in [0.3, 0.4) is 0 Å². The number of benzene rings is 1. The summed E-state index contributed by atoms with van der Waals surface area (Å²) in [6.45, 7) is 2.22. The van der Waals surface area contributed by atoms with Crippen LogP contribution in [-0.4, -0.2) is 25.6 Å². The van der Waals surface area contributed by atoms with E-state index in [1.54, 1.807) is 30.7 Å². The maximum absolute atomic E-state index is 15.2. The number of nitrogens with one attached hydrogen (secondary N) is 1. The zero-order valence-electron chi connectivity index (χ0n) is 21.3. The zero-order chi connectivity index (χ0) is 26.4. The number of nitrogens with zero attached hydrogens (tertiary/aromatic N) is 4. The first-order valence-electron chi connectivity index (χ1n) is 13.3. The second-order valence-corrected chi connectivity index (χ2v) is 11.0. The highest BCUT2D eigenvalue weighted by molar-refractivity contribution is 5.66. The molecule has 6 nitrogen and oxygen atoms in total. The summed E-state index contributed by atoms with van der Waals surface area (Å²) in [5.74, 6) is -0.450. The number of hydrogen-bond donors (Lipinski definition) is 2. The molecule has 2 aliphatic carbocycles. The van der Waals surface area contributed by atoms with E-state index in [0.717, 1.165) is 42.6 Å². The Bertz CT molecular complexity index is 1450. The molecule has 0 spiro atoms. The summed E-state index contributed by atoms with van der Waals surface area (Å²) >= 11 is 0. The van der Waals surface area contributed by atoms with Gasteiger partial charge in [-0.25, -0.2) is 18.2 Å². The minimum absolute atomic E-state index is 0.0562. The van der Waals surface area contributed by atoms with E-state index in [1.165, 1.54) is 4.52 Å². The van der Waals surface area contributed by atoms with Crippen LogP contribution in [0.2, 0.25) is 0 Å². The Morgan fingerprint density at radius 3 is 2.53 bits per heavy atom. The van der Waals surface area contributed by atoms with Crippen LogP contribution in [0.15, 0.2) is 48.9 Å². The molecule has 198 valence electrons. The van der Waals surface area contributed by atoms with Gasteiger partial charge in [0.05, 0.1) is 34.9 Å². The van der Waals surface area contributed by atoms with Gasteiger partial charge in [0.25, 0.3) is 0 Å². The Kier molecular flexibility index (Phi) is 6.34. The molecule has 3 atom stereocenters. The lowest BCUT2D eigenvalue weighted by atomic mass is 9.76. The predicted molar refractivity (Wildman–Crippen MR) is 141 cm³/mol. The van der Waals surface area contributed by atoms with E-state index in [-0.39, 0.29) is 41.6 Å². The molecule has 9 heteroatoms. The molecule has 0 saturated heterocycles. The summed E-state index contributed by atoms with van der Waals surface area (Å²) in [7, 11) is 0. The normalized spacial score (nSPS) is 23.1.